The molecule has 138 valence electrons. The highest BCUT2D eigenvalue weighted by Crippen LogP contribution is 2.18. The summed E-state index contributed by atoms with van der Waals surface area (Å²) in [4.78, 5) is 14.5. The molecule has 1 N–H and O–H groups in total. The van der Waals surface area contributed by atoms with Crippen molar-refractivity contribution >= 4 is 28.5 Å². The van der Waals surface area contributed by atoms with Crippen LogP contribution in [0.1, 0.15) is 18.4 Å². The Bertz CT molecular complexity index is 691. The van der Waals surface area contributed by atoms with E-state index in [0.717, 1.165) is 35.5 Å². The number of hydrogen-bond acceptors (Lipinski definition) is 3. The van der Waals surface area contributed by atoms with E-state index in [2.05, 4.69) is 63.1 Å². The van der Waals surface area contributed by atoms with Crippen molar-refractivity contribution in [1.82, 2.24) is 10.2 Å². The molecule has 0 saturated carbocycles. The van der Waals surface area contributed by atoms with E-state index >= 15 is 0 Å². The molecular weight excluding hydrogens is 439 g/mol. The number of carbonyl (C=O) groups is 1. The minimum atomic E-state index is -0.0521. The number of nitrogens with one attached hydrogen (secondary N) is 1. The average Bonchev–Trinajstić information content (AvgIpc) is 2.67. The molecule has 0 aromatic heterocycles. The zero-order valence-electron chi connectivity index (χ0n) is 14.9. The maximum atomic E-state index is 12.0. The fourth-order valence-corrected chi connectivity index (χ4v) is 3.65. The molecule has 1 atom stereocenters. The van der Waals surface area contributed by atoms with E-state index in [0.29, 0.717) is 5.92 Å². The molecule has 2 aromatic carbocycles. The van der Waals surface area contributed by atoms with Gasteiger partial charge in [-0.15, -0.1) is 0 Å². The van der Waals surface area contributed by atoms with E-state index in [1.807, 2.05) is 24.3 Å². The van der Waals surface area contributed by atoms with Crippen molar-refractivity contribution in [1.29, 1.82) is 0 Å². The Morgan fingerprint density at radius 3 is 2.69 bits per heavy atom. The monoisotopic (exact) mass is 464 g/mol. The first-order valence-electron chi connectivity index (χ1n) is 9.10. The molecule has 4 nitrogen and oxygen atoms in total. The summed E-state index contributed by atoms with van der Waals surface area (Å²) in [6.07, 6.45) is 2.36. The third-order valence-corrected chi connectivity index (χ3v) is 5.34. The molecule has 1 aliphatic rings. The standard InChI is InChI=1S/C21H25IN2O2/c22-19-8-10-20(11-9-19)26-16-21(25)23-13-18-7-4-12-24(15-18)14-17-5-2-1-3-6-17/h1-3,5-6,8-11,18H,4,7,12-16H2,(H,23,25). The van der Waals surface area contributed by atoms with Gasteiger partial charge in [-0.2, -0.15) is 0 Å². The molecule has 0 bridgehead atoms. The fourth-order valence-electron chi connectivity index (χ4n) is 3.29. The van der Waals surface area contributed by atoms with Crippen molar-refractivity contribution in [2.75, 3.05) is 26.2 Å². The van der Waals surface area contributed by atoms with Crippen LogP contribution in [0.15, 0.2) is 54.6 Å². The zero-order chi connectivity index (χ0) is 18.2. The largest absolute Gasteiger partial charge is 0.484 e. The zero-order valence-corrected chi connectivity index (χ0v) is 17.0. The van der Waals surface area contributed by atoms with Gasteiger partial charge in [0.05, 0.1) is 0 Å². The van der Waals surface area contributed by atoms with Crippen LogP contribution in [0.2, 0.25) is 0 Å². The molecule has 0 aliphatic carbocycles. The number of amides is 1. The normalized spacial score (nSPS) is 17.7. The topological polar surface area (TPSA) is 41.6 Å². The molecule has 5 heteroatoms. The van der Waals surface area contributed by atoms with Gasteiger partial charge in [0.15, 0.2) is 6.61 Å². The number of halogens is 1. The van der Waals surface area contributed by atoms with Gasteiger partial charge in [0, 0.05) is 23.2 Å². The Morgan fingerprint density at radius 1 is 1.15 bits per heavy atom. The Hall–Kier alpha value is -1.60. The van der Waals surface area contributed by atoms with Crippen molar-refractivity contribution < 1.29 is 9.53 Å². The summed E-state index contributed by atoms with van der Waals surface area (Å²) < 4.78 is 6.69. The van der Waals surface area contributed by atoms with E-state index in [1.165, 1.54) is 18.4 Å². The summed E-state index contributed by atoms with van der Waals surface area (Å²) in [5.74, 6) is 1.19. The summed E-state index contributed by atoms with van der Waals surface area (Å²) in [5.41, 5.74) is 1.35. The molecule has 1 fully saturated rings. The summed E-state index contributed by atoms with van der Waals surface area (Å²) in [7, 11) is 0. The van der Waals surface area contributed by atoms with Crippen molar-refractivity contribution in [2.24, 2.45) is 5.92 Å². The predicted octanol–water partition coefficient (Wildman–Crippen LogP) is 3.70. The van der Waals surface area contributed by atoms with Crippen LogP contribution < -0.4 is 10.1 Å². The van der Waals surface area contributed by atoms with Gasteiger partial charge in [-0.05, 0) is 77.7 Å². The van der Waals surface area contributed by atoms with Crippen LogP contribution in [-0.2, 0) is 11.3 Å². The van der Waals surface area contributed by atoms with Crippen molar-refractivity contribution in [2.45, 2.75) is 19.4 Å². The smallest absolute Gasteiger partial charge is 0.257 e. The molecule has 2 aromatic rings. The lowest BCUT2D eigenvalue weighted by molar-refractivity contribution is -0.123. The maximum Gasteiger partial charge on any atom is 0.257 e. The highest BCUT2D eigenvalue weighted by atomic mass is 127. The second-order valence-corrected chi connectivity index (χ2v) is 8.02. The Labute approximate surface area is 169 Å². The van der Waals surface area contributed by atoms with Crippen molar-refractivity contribution in [3.8, 4) is 5.75 Å². The molecule has 26 heavy (non-hydrogen) atoms. The van der Waals surface area contributed by atoms with Gasteiger partial charge in [-0.3, -0.25) is 9.69 Å². The van der Waals surface area contributed by atoms with E-state index < -0.39 is 0 Å². The van der Waals surface area contributed by atoms with Crippen LogP contribution in [0.4, 0.5) is 0 Å². The van der Waals surface area contributed by atoms with Crippen molar-refractivity contribution in [3.63, 3.8) is 0 Å². The lowest BCUT2D eigenvalue weighted by atomic mass is 9.97. The first-order valence-corrected chi connectivity index (χ1v) is 10.2. The van der Waals surface area contributed by atoms with Gasteiger partial charge < -0.3 is 10.1 Å². The predicted molar refractivity (Wildman–Crippen MR) is 112 cm³/mol. The van der Waals surface area contributed by atoms with Crippen LogP contribution in [0.25, 0.3) is 0 Å². The van der Waals surface area contributed by atoms with Gasteiger partial charge in [0.1, 0.15) is 5.75 Å². The van der Waals surface area contributed by atoms with Crippen LogP contribution >= 0.6 is 22.6 Å². The molecule has 1 heterocycles. The van der Waals surface area contributed by atoms with Gasteiger partial charge in [0.2, 0.25) is 0 Å². The van der Waals surface area contributed by atoms with E-state index in [1.54, 1.807) is 0 Å². The number of benzene rings is 2. The van der Waals surface area contributed by atoms with Gasteiger partial charge in [-0.1, -0.05) is 30.3 Å². The number of ether oxygens (including phenoxy) is 1. The lowest BCUT2D eigenvalue weighted by Gasteiger charge is -2.32. The minimum absolute atomic E-state index is 0.0521. The Balaban J connectivity index is 1.38. The van der Waals surface area contributed by atoms with Crippen molar-refractivity contribution in [3.05, 3.63) is 63.7 Å². The molecular formula is C21H25IN2O2. The number of nitrogens with zero attached hydrogens (tertiary/aromatic N) is 1. The van der Waals surface area contributed by atoms with Crippen LogP contribution in [0.3, 0.4) is 0 Å². The second kappa shape index (κ2) is 9.92. The molecule has 1 aliphatic heterocycles. The molecule has 0 spiro atoms. The molecule has 1 saturated heterocycles. The molecule has 1 amide bonds. The maximum absolute atomic E-state index is 12.0. The number of carbonyl (C=O) groups excluding carboxylic acids is 1. The molecule has 1 unspecified atom stereocenters. The summed E-state index contributed by atoms with van der Waals surface area (Å²) in [6.45, 7) is 3.95. The van der Waals surface area contributed by atoms with Crippen LogP contribution in [-0.4, -0.2) is 37.0 Å². The van der Waals surface area contributed by atoms with Gasteiger partial charge >= 0.3 is 0 Å². The summed E-state index contributed by atoms with van der Waals surface area (Å²) in [6, 6.07) is 18.3. The molecule has 0 radical (unpaired) electrons. The third-order valence-electron chi connectivity index (χ3n) is 4.62. The third kappa shape index (κ3) is 6.29. The number of hydrogen-bond donors (Lipinski definition) is 1. The minimum Gasteiger partial charge on any atom is -0.484 e. The lowest BCUT2D eigenvalue weighted by Crippen LogP contribution is -2.41. The number of likely N-dealkylation sites (tertiary alicyclic amines) is 1. The van der Waals surface area contributed by atoms with E-state index in [9.17, 15) is 4.79 Å². The number of piperidine rings is 1. The first kappa shape index (κ1) is 19.2. The van der Waals surface area contributed by atoms with E-state index in [-0.39, 0.29) is 12.5 Å². The van der Waals surface area contributed by atoms with Gasteiger partial charge in [0.25, 0.3) is 5.91 Å². The fraction of sp³-hybridized carbons (Fsp3) is 0.381. The average molecular weight is 464 g/mol. The van der Waals surface area contributed by atoms with Gasteiger partial charge in [-0.25, -0.2) is 0 Å². The molecule has 3 rings (SSSR count). The van der Waals surface area contributed by atoms with E-state index in [4.69, 9.17) is 4.74 Å². The second-order valence-electron chi connectivity index (χ2n) is 6.78. The quantitative estimate of drug-likeness (QED) is 0.636. The van der Waals surface area contributed by atoms with Crippen LogP contribution in [0.5, 0.6) is 5.75 Å². The highest BCUT2D eigenvalue weighted by molar-refractivity contribution is 14.1. The summed E-state index contributed by atoms with van der Waals surface area (Å²) in [5, 5.41) is 3.03. The first-order chi connectivity index (χ1) is 12.7. The SMILES string of the molecule is O=C(COc1ccc(I)cc1)NCC1CCCN(Cc2ccccc2)C1. The number of rotatable bonds is 7. The highest BCUT2D eigenvalue weighted by Gasteiger charge is 2.20. The Morgan fingerprint density at radius 2 is 1.92 bits per heavy atom. The summed E-state index contributed by atoms with van der Waals surface area (Å²) >= 11 is 2.25. The van der Waals surface area contributed by atoms with Crippen LogP contribution in [0, 0.1) is 9.49 Å². The Kier molecular flexibility index (Phi) is 7.32.